The Morgan fingerprint density at radius 3 is 2.43 bits per heavy atom. The topological polar surface area (TPSA) is 29.5 Å². The lowest BCUT2D eigenvalue weighted by Crippen LogP contribution is -2.31. The fraction of sp³-hybridized carbons (Fsp3) is 0.455. The Hall–Kier alpha value is -1.09. The number of hydrogen-bond acceptors (Lipinski definition) is 2. The molecule has 0 saturated carbocycles. The molecule has 0 saturated heterocycles. The van der Waals surface area contributed by atoms with Crippen molar-refractivity contribution in [1.29, 1.82) is 0 Å². The van der Waals surface area contributed by atoms with Gasteiger partial charge in [-0.3, -0.25) is 0 Å². The van der Waals surface area contributed by atoms with Crippen LogP contribution >= 0.6 is 0 Å². The van der Waals surface area contributed by atoms with E-state index in [1.165, 1.54) is 12.1 Å². The van der Waals surface area contributed by atoms with Crippen molar-refractivity contribution in [2.45, 2.75) is 25.9 Å². The van der Waals surface area contributed by atoms with Crippen molar-refractivity contribution in [3.05, 3.63) is 30.1 Å². The van der Waals surface area contributed by atoms with E-state index in [4.69, 9.17) is 4.74 Å². The Labute approximate surface area is 83.3 Å². The first-order valence-electron chi connectivity index (χ1n) is 4.64. The van der Waals surface area contributed by atoms with E-state index in [-0.39, 0.29) is 12.4 Å². The highest BCUT2D eigenvalue weighted by molar-refractivity contribution is 5.22. The molecule has 0 aliphatic carbocycles. The maximum absolute atomic E-state index is 12.5. The molecule has 0 spiro atoms. The second-order valence-corrected chi connectivity index (χ2v) is 3.59. The summed E-state index contributed by atoms with van der Waals surface area (Å²) >= 11 is 0. The van der Waals surface area contributed by atoms with Crippen molar-refractivity contribution in [2.24, 2.45) is 0 Å². The normalized spacial score (nSPS) is 14.9. The lowest BCUT2D eigenvalue weighted by atomic mass is 10.1. The molecule has 0 amide bonds. The predicted octanol–water partition coefficient (Wildman–Crippen LogP) is 2.37. The molecule has 3 heteroatoms. The summed E-state index contributed by atoms with van der Waals surface area (Å²) in [6.07, 6.45) is 0.619. The fourth-order valence-corrected chi connectivity index (χ4v) is 0.872. The lowest BCUT2D eigenvalue weighted by molar-refractivity contribution is 0.00845. The Morgan fingerprint density at radius 1 is 1.36 bits per heavy atom. The first-order valence-corrected chi connectivity index (χ1v) is 4.64. The predicted molar refractivity (Wildman–Crippen MR) is 52.8 cm³/mol. The third-order valence-corrected chi connectivity index (χ3v) is 2.13. The van der Waals surface area contributed by atoms with E-state index in [1.807, 2.05) is 6.92 Å². The van der Waals surface area contributed by atoms with Crippen molar-refractivity contribution in [3.8, 4) is 5.75 Å². The van der Waals surface area contributed by atoms with Gasteiger partial charge in [0.25, 0.3) is 0 Å². The number of aliphatic hydroxyl groups is 1. The molecule has 0 aliphatic rings. The van der Waals surface area contributed by atoms with Gasteiger partial charge in [-0.1, -0.05) is 6.92 Å². The van der Waals surface area contributed by atoms with Gasteiger partial charge in [-0.05, 0) is 37.6 Å². The van der Waals surface area contributed by atoms with Crippen LogP contribution < -0.4 is 4.74 Å². The van der Waals surface area contributed by atoms with E-state index in [2.05, 4.69) is 0 Å². The molecule has 2 nitrogen and oxygen atoms in total. The summed E-state index contributed by atoms with van der Waals surface area (Å²) in [4.78, 5) is 0. The highest BCUT2D eigenvalue weighted by atomic mass is 19.1. The van der Waals surface area contributed by atoms with Crippen LogP contribution in [0.2, 0.25) is 0 Å². The van der Waals surface area contributed by atoms with E-state index in [9.17, 15) is 9.50 Å². The molecule has 1 aromatic carbocycles. The zero-order chi connectivity index (χ0) is 10.6. The van der Waals surface area contributed by atoms with Crippen LogP contribution in [0.15, 0.2) is 24.3 Å². The first-order chi connectivity index (χ1) is 6.53. The van der Waals surface area contributed by atoms with Crippen LogP contribution in [-0.2, 0) is 0 Å². The Morgan fingerprint density at radius 2 is 1.93 bits per heavy atom. The summed E-state index contributed by atoms with van der Waals surface area (Å²) in [5, 5.41) is 9.64. The van der Waals surface area contributed by atoms with Crippen LogP contribution in [0.5, 0.6) is 5.75 Å². The summed E-state index contributed by atoms with van der Waals surface area (Å²) in [5.74, 6) is 0.278. The molecule has 1 unspecified atom stereocenters. The van der Waals surface area contributed by atoms with Crippen molar-refractivity contribution in [1.82, 2.24) is 0 Å². The second-order valence-electron chi connectivity index (χ2n) is 3.59. The molecule has 0 heterocycles. The summed E-state index contributed by atoms with van der Waals surface area (Å²) in [5.41, 5.74) is -0.825. The number of rotatable bonds is 4. The van der Waals surface area contributed by atoms with Gasteiger partial charge in [0.2, 0.25) is 0 Å². The quantitative estimate of drug-likeness (QED) is 0.804. The molecule has 0 radical (unpaired) electrons. The molecule has 0 aliphatic heterocycles. The van der Waals surface area contributed by atoms with Crippen molar-refractivity contribution in [2.75, 3.05) is 6.61 Å². The second kappa shape index (κ2) is 4.42. The van der Waals surface area contributed by atoms with Crippen LogP contribution in [-0.4, -0.2) is 17.3 Å². The molecule has 14 heavy (non-hydrogen) atoms. The van der Waals surface area contributed by atoms with E-state index >= 15 is 0 Å². The van der Waals surface area contributed by atoms with E-state index in [1.54, 1.807) is 19.1 Å². The van der Waals surface area contributed by atoms with Crippen LogP contribution in [0.1, 0.15) is 20.3 Å². The molecule has 1 rings (SSSR count). The van der Waals surface area contributed by atoms with Gasteiger partial charge in [-0.2, -0.15) is 0 Å². The summed E-state index contributed by atoms with van der Waals surface area (Å²) < 4.78 is 17.8. The minimum Gasteiger partial charge on any atom is -0.491 e. The van der Waals surface area contributed by atoms with Crippen LogP contribution in [0.3, 0.4) is 0 Å². The van der Waals surface area contributed by atoms with Crippen LogP contribution in [0.25, 0.3) is 0 Å². The standard InChI is InChI=1S/C11H15FO2/c1-3-11(2,13)8-14-10-6-4-9(12)5-7-10/h4-7,13H,3,8H2,1-2H3. The van der Waals surface area contributed by atoms with Crippen LogP contribution in [0, 0.1) is 5.82 Å². The third-order valence-electron chi connectivity index (χ3n) is 2.13. The van der Waals surface area contributed by atoms with Gasteiger partial charge in [0.05, 0.1) is 5.60 Å². The molecule has 0 aromatic heterocycles. The first kappa shape index (κ1) is 11.0. The molecule has 0 fully saturated rings. The van der Waals surface area contributed by atoms with Gasteiger partial charge in [-0.15, -0.1) is 0 Å². The maximum Gasteiger partial charge on any atom is 0.123 e. The monoisotopic (exact) mass is 198 g/mol. The number of benzene rings is 1. The molecule has 1 atom stereocenters. The van der Waals surface area contributed by atoms with Crippen LogP contribution in [0.4, 0.5) is 4.39 Å². The fourth-order valence-electron chi connectivity index (χ4n) is 0.872. The summed E-state index contributed by atoms with van der Waals surface area (Å²) in [7, 11) is 0. The molecule has 78 valence electrons. The van der Waals surface area contributed by atoms with Crippen molar-refractivity contribution >= 4 is 0 Å². The zero-order valence-electron chi connectivity index (χ0n) is 8.46. The van der Waals surface area contributed by atoms with E-state index in [0.717, 1.165) is 0 Å². The summed E-state index contributed by atoms with van der Waals surface area (Å²) in [6, 6.07) is 5.74. The summed E-state index contributed by atoms with van der Waals surface area (Å²) in [6.45, 7) is 3.81. The molecular formula is C11H15FO2. The highest BCUT2D eigenvalue weighted by Gasteiger charge is 2.18. The Balaban J connectivity index is 2.50. The highest BCUT2D eigenvalue weighted by Crippen LogP contribution is 2.15. The van der Waals surface area contributed by atoms with E-state index < -0.39 is 5.60 Å². The maximum atomic E-state index is 12.5. The Kier molecular flexibility index (Phi) is 3.47. The van der Waals surface area contributed by atoms with Crippen molar-refractivity contribution < 1.29 is 14.2 Å². The average molecular weight is 198 g/mol. The van der Waals surface area contributed by atoms with Gasteiger partial charge in [0, 0.05) is 0 Å². The molecular weight excluding hydrogens is 183 g/mol. The van der Waals surface area contributed by atoms with E-state index in [0.29, 0.717) is 12.2 Å². The zero-order valence-corrected chi connectivity index (χ0v) is 8.46. The molecule has 1 N–H and O–H groups in total. The molecule has 1 aromatic rings. The van der Waals surface area contributed by atoms with Gasteiger partial charge in [0.15, 0.2) is 0 Å². The van der Waals surface area contributed by atoms with Gasteiger partial charge < -0.3 is 9.84 Å². The lowest BCUT2D eigenvalue weighted by Gasteiger charge is -2.21. The van der Waals surface area contributed by atoms with Gasteiger partial charge in [0.1, 0.15) is 18.2 Å². The van der Waals surface area contributed by atoms with Gasteiger partial charge in [-0.25, -0.2) is 4.39 Å². The third kappa shape index (κ3) is 3.34. The molecule has 0 bridgehead atoms. The Bertz CT molecular complexity index is 280. The number of halogens is 1. The number of hydrogen-bond donors (Lipinski definition) is 1. The average Bonchev–Trinajstić information content (AvgIpc) is 2.17. The van der Waals surface area contributed by atoms with Gasteiger partial charge >= 0.3 is 0 Å². The smallest absolute Gasteiger partial charge is 0.123 e. The minimum absolute atomic E-state index is 0.217. The SMILES string of the molecule is CCC(C)(O)COc1ccc(F)cc1. The largest absolute Gasteiger partial charge is 0.491 e. The van der Waals surface area contributed by atoms with Crippen molar-refractivity contribution in [3.63, 3.8) is 0 Å². The number of ether oxygens (including phenoxy) is 1. The minimum atomic E-state index is -0.825.